The Bertz CT molecular complexity index is 979. The lowest BCUT2D eigenvalue weighted by Gasteiger charge is -2.39. The van der Waals surface area contributed by atoms with Crippen molar-refractivity contribution < 1.29 is 19.1 Å². The van der Waals surface area contributed by atoms with Crippen LogP contribution in [-0.2, 0) is 22.7 Å². The molecule has 2 aromatic rings. The highest BCUT2D eigenvalue weighted by molar-refractivity contribution is 6.01. The molecule has 0 bridgehead atoms. The number of carbonyl (C=O) groups is 1. The van der Waals surface area contributed by atoms with Crippen molar-refractivity contribution in [1.29, 1.82) is 0 Å². The quantitative estimate of drug-likeness (QED) is 0.729. The van der Waals surface area contributed by atoms with Crippen molar-refractivity contribution in [3.05, 3.63) is 53.1 Å². The molecule has 3 heterocycles. The minimum Gasteiger partial charge on any atom is -0.481 e. The third-order valence-corrected chi connectivity index (χ3v) is 6.57. The maximum atomic E-state index is 14.1. The van der Waals surface area contributed by atoms with Gasteiger partial charge in [0.05, 0.1) is 16.8 Å². The first kappa shape index (κ1) is 21.5. The van der Waals surface area contributed by atoms with Crippen LogP contribution in [-0.4, -0.2) is 50.7 Å². The number of halogens is 1. The lowest BCUT2D eigenvalue weighted by molar-refractivity contribution is -0.155. The van der Waals surface area contributed by atoms with Gasteiger partial charge < -0.3 is 9.94 Å². The lowest BCUT2D eigenvalue weighted by atomic mass is 9.73. The highest BCUT2D eigenvalue weighted by Crippen LogP contribution is 2.39. The number of benzene rings is 1. The molecule has 0 unspecified atom stereocenters. The van der Waals surface area contributed by atoms with Crippen LogP contribution in [0.1, 0.15) is 49.4 Å². The van der Waals surface area contributed by atoms with Gasteiger partial charge in [0.25, 0.3) is 0 Å². The third-order valence-electron chi connectivity index (χ3n) is 6.57. The van der Waals surface area contributed by atoms with Gasteiger partial charge >= 0.3 is 5.97 Å². The van der Waals surface area contributed by atoms with E-state index in [2.05, 4.69) is 28.3 Å². The number of aryl methyl sites for hydroxylation is 2. The molecule has 0 spiro atoms. The number of aliphatic carboxylic acids is 1. The number of aromatic nitrogens is 2. The Labute approximate surface area is 181 Å². The van der Waals surface area contributed by atoms with Crippen LogP contribution >= 0.6 is 0 Å². The Hall–Kier alpha value is -2.74. The molecule has 7 nitrogen and oxygen atoms in total. The van der Waals surface area contributed by atoms with Gasteiger partial charge in [0.15, 0.2) is 0 Å². The first-order valence-corrected chi connectivity index (χ1v) is 10.9. The highest BCUT2D eigenvalue weighted by atomic mass is 19.1. The van der Waals surface area contributed by atoms with Crippen molar-refractivity contribution in [1.82, 2.24) is 14.7 Å². The number of rotatable bonds is 7. The largest absolute Gasteiger partial charge is 0.481 e. The highest BCUT2D eigenvalue weighted by Gasteiger charge is 2.45. The van der Waals surface area contributed by atoms with Crippen molar-refractivity contribution in [3.8, 4) is 0 Å². The topological polar surface area (TPSA) is 80.0 Å². The Morgan fingerprint density at radius 2 is 2.06 bits per heavy atom. The van der Waals surface area contributed by atoms with Crippen LogP contribution in [0.2, 0.25) is 0 Å². The predicted molar refractivity (Wildman–Crippen MR) is 114 cm³/mol. The SMILES string of the molecule is CCn1cc(CN2CCC(C[C@H]3CC(c4ccccc4F)=NO3)(C(=O)O)CC2)c(C)n1. The molecular formula is C23H29FN4O3. The van der Waals surface area contributed by atoms with Gasteiger partial charge in [-0.1, -0.05) is 23.4 Å². The summed E-state index contributed by atoms with van der Waals surface area (Å²) >= 11 is 0. The minimum atomic E-state index is -0.843. The molecule has 1 aromatic heterocycles. The van der Waals surface area contributed by atoms with E-state index in [4.69, 9.17) is 4.84 Å². The second-order valence-electron chi connectivity index (χ2n) is 8.61. The summed E-state index contributed by atoms with van der Waals surface area (Å²) in [4.78, 5) is 20.1. The fraction of sp³-hybridized carbons (Fsp3) is 0.522. The molecule has 0 aliphatic carbocycles. The van der Waals surface area contributed by atoms with Gasteiger partial charge in [-0.3, -0.25) is 14.4 Å². The fourth-order valence-corrected chi connectivity index (χ4v) is 4.59. The molecule has 1 saturated heterocycles. The van der Waals surface area contributed by atoms with Crippen molar-refractivity contribution in [2.75, 3.05) is 13.1 Å². The van der Waals surface area contributed by atoms with Gasteiger partial charge in [-0.15, -0.1) is 0 Å². The zero-order chi connectivity index (χ0) is 22.0. The van der Waals surface area contributed by atoms with Crippen LogP contribution in [0, 0.1) is 18.2 Å². The predicted octanol–water partition coefficient (Wildman–Crippen LogP) is 3.60. The average molecular weight is 429 g/mol. The first-order chi connectivity index (χ1) is 14.9. The third kappa shape index (κ3) is 4.49. The molecule has 0 radical (unpaired) electrons. The number of hydrogen-bond donors (Lipinski definition) is 1. The van der Waals surface area contributed by atoms with Crippen LogP contribution in [0.25, 0.3) is 0 Å². The van der Waals surface area contributed by atoms with Crippen molar-refractivity contribution >= 4 is 11.7 Å². The van der Waals surface area contributed by atoms with Crippen LogP contribution in [0.5, 0.6) is 0 Å². The summed E-state index contributed by atoms with van der Waals surface area (Å²) in [5.74, 6) is -1.13. The summed E-state index contributed by atoms with van der Waals surface area (Å²) in [6, 6.07) is 6.46. The zero-order valence-corrected chi connectivity index (χ0v) is 18.1. The maximum absolute atomic E-state index is 14.1. The second kappa shape index (κ2) is 8.78. The Morgan fingerprint density at radius 3 is 2.71 bits per heavy atom. The van der Waals surface area contributed by atoms with E-state index in [0.717, 1.165) is 18.8 Å². The van der Waals surface area contributed by atoms with E-state index >= 15 is 0 Å². The van der Waals surface area contributed by atoms with Gasteiger partial charge in [0, 0.05) is 43.3 Å². The van der Waals surface area contributed by atoms with Crippen LogP contribution < -0.4 is 0 Å². The molecule has 1 N–H and O–H groups in total. The van der Waals surface area contributed by atoms with Gasteiger partial charge in [0.1, 0.15) is 11.9 Å². The van der Waals surface area contributed by atoms with E-state index in [1.165, 1.54) is 11.6 Å². The summed E-state index contributed by atoms with van der Waals surface area (Å²) in [6.07, 6.45) is 3.64. The maximum Gasteiger partial charge on any atom is 0.309 e. The summed E-state index contributed by atoms with van der Waals surface area (Å²) in [5.41, 5.74) is 2.34. The summed E-state index contributed by atoms with van der Waals surface area (Å²) in [5, 5.41) is 18.6. The van der Waals surface area contributed by atoms with E-state index in [0.29, 0.717) is 50.0 Å². The molecule has 4 rings (SSSR count). The van der Waals surface area contributed by atoms with Crippen LogP contribution in [0.4, 0.5) is 4.39 Å². The van der Waals surface area contributed by atoms with Crippen LogP contribution in [0.15, 0.2) is 35.6 Å². The number of piperidine rings is 1. The smallest absolute Gasteiger partial charge is 0.309 e. The molecule has 1 fully saturated rings. The van der Waals surface area contributed by atoms with E-state index in [9.17, 15) is 14.3 Å². The number of carboxylic acids is 1. The second-order valence-corrected chi connectivity index (χ2v) is 8.61. The monoisotopic (exact) mass is 428 g/mol. The summed E-state index contributed by atoms with van der Waals surface area (Å²) in [7, 11) is 0. The zero-order valence-electron chi connectivity index (χ0n) is 18.1. The van der Waals surface area contributed by atoms with Crippen molar-refractivity contribution in [3.63, 3.8) is 0 Å². The molecule has 2 aliphatic heterocycles. The van der Waals surface area contributed by atoms with E-state index in [-0.39, 0.29) is 11.9 Å². The number of hydrogen-bond acceptors (Lipinski definition) is 5. The molecule has 1 atom stereocenters. The Kier molecular flexibility index (Phi) is 6.09. The van der Waals surface area contributed by atoms with Crippen LogP contribution in [0.3, 0.4) is 0 Å². The Balaban J connectivity index is 1.37. The average Bonchev–Trinajstić information content (AvgIpc) is 3.36. The lowest BCUT2D eigenvalue weighted by Crippen LogP contribution is -2.45. The van der Waals surface area contributed by atoms with Gasteiger partial charge in [0.2, 0.25) is 0 Å². The summed E-state index contributed by atoms with van der Waals surface area (Å²) in [6.45, 7) is 7.10. The van der Waals surface area contributed by atoms with Crippen molar-refractivity contribution in [2.45, 2.75) is 58.7 Å². The molecule has 0 saturated carbocycles. The van der Waals surface area contributed by atoms with Gasteiger partial charge in [-0.25, -0.2) is 4.39 Å². The van der Waals surface area contributed by atoms with E-state index in [1.807, 2.05) is 11.6 Å². The standard InChI is InChI=1S/C23H29FN4O3/c1-3-28-15-17(16(2)25-28)14-27-10-8-23(9-11-27,22(29)30)13-18-12-21(26-31-18)19-6-4-5-7-20(19)24/h4-7,15,18H,3,8-14H2,1-2H3,(H,29,30)/t18-/m1/s1. The Morgan fingerprint density at radius 1 is 1.32 bits per heavy atom. The summed E-state index contributed by atoms with van der Waals surface area (Å²) < 4.78 is 16.0. The normalized spacial score (nSPS) is 21.0. The number of nitrogens with zero attached hydrogens (tertiary/aromatic N) is 4. The molecule has 0 amide bonds. The molecular weight excluding hydrogens is 399 g/mol. The minimum absolute atomic E-state index is 0.339. The van der Waals surface area contributed by atoms with E-state index in [1.54, 1.807) is 18.2 Å². The van der Waals surface area contributed by atoms with Gasteiger partial charge in [-0.2, -0.15) is 5.10 Å². The molecule has 8 heteroatoms. The first-order valence-electron chi connectivity index (χ1n) is 10.9. The van der Waals surface area contributed by atoms with Gasteiger partial charge in [-0.05, 0) is 45.8 Å². The molecule has 1 aromatic carbocycles. The fourth-order valence-electron chi connectivity index (χ4n) is 4.59. The number of likely N-dealkylation sites (tertiary alicyclic amines) is 1. The number of carboxylic acid groups (broad SMARTS) is 1. The van der Waals surface area contributed by atoms with E-state index < -0.39 is 11.4 Å². The van der Waals surface area contributed by atoms with Crippen molar-refractivity contribution in [2.24, 2.45) is 10.6 Å². The molecule has 2 aliphatic rings. The number of oxime groups is 1. The molecule has 31 heavy (non-hydrogen) atoms. The molecule has 166 valence electrons.